The molecule has 19 heteroatoms. The number of aromatic nitrogens is 8. The van der Waals surface area contributed by atoms with Crippen LogP contribution in [0.15, 0.2) is 61.7 Å². The Morgan fingerprint density at radius 2 is 0.911 bits per heavy atom. The molecule has 19 nitrogen and oxygen atoms in total. The minimum atomic E-state index is -1.16. The van der Waals surface area contributed by atoms with Crippen LogP contribution in [-0.4, -0.2) is 105 Å². The van der Waals surface area contributed by atoms with Gasteiger partial charge in [0.1, 0.15) is 5.78 Å². The van der Waals surface area contributed by atoms with Gasteiger partial charge < -0.3 is 44.7 Å². The molecule has 10 rings (SSSR count). The number of ketones is 1. The number of Topliss-reactive ketones (excluding diaryl/α,β-unsaturated/α-hetero) is 1. The Bertz CT molecular complexity index is 4490. The summed E-state index contributed by atoms with van der Waals surface area (Å²) in [4.78, 5) is 109. The van der Waals surface area contributed by atoms with E-state index in [1.807, 2.05) is 77.1 Å². The van der Waals surface area contributed by atoms with Gasteiger partial charge in [-0.2, -0.15) is 0 Å². The maximum Gasteiger partial charge on any atom is 0.338 e. The number of aromatic amines is 4. The average molecular weight is 1220 g/mol. The number of rotatable bonds is 16. The largest absolute Gasteiger partial charge is 0.481 e. The van der Waals surface area contributed by atoms with E-state index in [1.54, 1.807) is 19.9 Å². The summed E-state index contributed by atoms with van der Waals surface area (Å²) in [6, 6.07) is 11.7. The zero-order chi connectivity index (χ0) is 65.5. The van der Waals surface area contributed by atoms with Crippen molar-refractivity contribution in [3.8, 4) is 0 Å². The molecule has 0 unspecified atom stereocenters. The van der Waals surface area contributed by atoms with Gasteiger partial charge in [0.25, 0.3) is 0 Å². The number of hydrogen-bond donors (Lipinski definition) is 7. The predicted octanol–water partition coefficient (Wildman–Crippen LogP) is 14.1. The lowest BCUT2D eigenvalue weighted by atomic mass is 9.84. The van der Waals surface area contributed by atoms with E-state index in [4.69, 9.17) is 29.4 Å². The number of allylic oxidation sites excluding steroid dienone is 6. The van der Waals surface area contributed by atoms with Crippen molar-refractivity contribution >= 4 is 102 Å². The Hall–Kier alpha value is -9.78. The first-order valence-electron chi connectivity index (χ1n) is 30.3. The standard InChI is InChI=1S/C36H40N4O5.C35H38N4O6/c1-9-22-18(4)26-14-28-20(6)24(11-12-32(42)45-8)34(39-28)25(13-17(3)41)35-33(36(43)44)21(7)29(40-35)16-31-23(10-2)19(5)27(38-31)15-30(22)37-26;1-8-20-16(3)24-13-26-18(5)22(10-11-30(40)41)33(38-26)23(12-31(42)45-7)34-32(35(43)44)19(6)27(39-34)15-29-21(9-2)17(4)25(37-29)14-28(20)36-24/h9,14-16,20,24,38,40H,1,10-13H2,2-8H3,(H,43,44);8,13-15,18,22,37,39H,1,9-12H2,2-7H3,(H,40,41)(H,43,44)/t20-,24-;18-,22-/m00/s1. The number of hydrogen-bond acceptors (Lipinski definition) is 12. The van der Waals surface area contributed by atoms with Crippen molar-refractivity contribution in [2.75, 3.05) is 14.2 Å². The molecule has 6 aromatic heterocycles. The highest BCUT2D eigenvalue weighted by molar-refractivity contribution is 6.04. The molecule has 10 heterocycles. The average Bonchev–Trinajstić information content (AvgIpc) is 1.92. The number of ether oxygens (including phenoxy) is 2. The molecule has 4 aliphatic rings. The lowest BCUT2D eigenvalue weighted by molar-refractivity contribution is -0.141. The SMILES string of the molecule is C=CC1=C(C)c2cc3nc(c(CC(=O)OC)c4[nH]c(cc5[nH]c(cc1n2)c(C)c5CC)c(C)c4C(=O)O)[C@@H](CCC(=O)O)[C@@H]3C.C=CC1=C(C)c2cc3nc(c(CC(C)=O)c4[nH]c(cc5[nH]c(cc1n2)c(C)c5CC)c(C)c4C(=O)O)[C@@H](CCC(=O)OC)[C@@H]3C. The highest BCUT2D eigenvalue weighted by Gasteiger charge is 2.36. The van der Waals surface area contributed by atoms with Gasteiger partial charge in [0.15, 0.2) is 0 Å². The molecule has 0 saturated carbocycles. The fourth-order valence-corrected chi connectivity index (χ4v) is 13.3. The van der Waals surface area contributed by atoms with Crippen molar-refractivity contribution in [2.24, 2.45) is 0 Å². The zero-order valence-corrected chi connectivity index (χ0v) is 53.4. The second kappa shape index (κ2) is 26.1. The first kappa shape index (κ1) is 64.7. The normalized spacial score (nSPS) is 16.1. The number of carbonyl (C=O) groups is 6. The Morgan fingerprint density at radius 3 is 1.28 bits per heavy atom. The maximum absolute atomic E-state index is 12.8. The molecule has 0 spiro atoms. The van der Waals surface area contributed by atoms with E-state index >= 15 is 0 Å². The summed E-state index contributed by atoms with van der Waals surface area (Å²) in [6.45, 7) is 29.3. The monoisotopic (exact) mass is 1220 g/mol. The molecule has 468 valence electrons. The van der Waals surface area contributed by atoms with E-state index in [9.17, 15) is 44.1 Å². The molecule has 16 bridgehead atoms. The van der Waals surface area contributed by atoms with Crippen molar-refractivity contribution in [1.29, 1.82) is 0 Å². The van der Waals surface area contributed by atoms with Gasteiger partial charge >= 0.3 is 29.8 Å². The molecule has 0 fully saturated rings. The van der Waals surface area contributed by atoms with E-state index in [0.717, 1.165) is 102 Å². The zero-order valence-electron chi connectivity index (χ0n) is 53.4. The third-order valence-corrected chi connectivity index (χ3v) is 18.4. The number of methoxy groups -OCH3 is 2. The molecular weight excluding hydrogens is 1140 g/mol. The van der Waals surface area contributed by atoms with Crippen LogP contribution < -0.4 is 0 Å². The van der Waals surface area contributed by atoms with Crippen LogP contribution in [0.2, 0.25) is 0 Å². The van der Waals surface area contributed by atoms with E-state index < -0.39 is 29.8 Å². The molecule has 0 aliphatic carbocycles. The third-order valence-electron chi connectivity index (χ3n) is 18.4. The summed E-state index contributed by atoms with van der Waals surface area (Å²) in [7, 11) is 2.63. The molecular formula is C71H78N8O11. The number of nitrogens with zero attached hydrogens (tertiary/aromatic N) is 4. The molecule has 0 aromatic carbocycles. The molecule has 4 aliphatic heterocycles. The number of aromatic carboxylic acids is 2. The summed E-state index contributed by atoms with van der Waals surface area (Å²) in [5, 5.41) is 30.5. The summed E-state index contributed by atoms with van der Waals surface area (Å²) in [5.41, 5.74) is 20.9. The van der Waals surface area contributed by atoms with Crippen LogP contribution in [-0.2, 0) is 54.3 Å². The van der Waals surface area contributed by atoms with Gasteiger partial charge in [0, 0.05) is 110 Å². The Labute approximate surface area is 521 Å². The highest BCUT2D eigenvalue weighted by atomic mass is 16.5. The fourth-order valence-electron chi connectivity index (χ4n) is 13.3. The van der Waals surface area contributed by atoms with E-state index in [-0.39, 0.29) is 78.3 Å². The van der Waals surface area contributed by atoms with Crippen molar-refractivity contribution in [1.82, 2.24) is 39.9 Å². The van der Waals surface area contributed by atoms with Gasteiger partial charge in [-0.1, -0.05) is 53.0 Å². The quantitative estimate of drug-likeness (QED) is 0.0443. The molecule has 0 saturated heterocycles. The predicted molar refractivity (Wildman–Crippen MR) is 350 cm³/mol. The molecule has 0 amide bonds. The van der Waals surface area contributed by atoms with E-state index in [1.165, 1.54) is 21.1 Å². The molecule has 4 atom stereocenters. The van der Waals surface area contributed by atoms with Crippen LogP contribution in [0.1, 0.15) is 209 Å². The molecule has 6 aromatic rings. The van der Waals surface area contributed by atoms with Crippen LogP contribution >= 0.6 is 0 Å². The minimum Gasteiger partial charge on any atom is -0.481 e. The van der Waals surface area contributed by atoms with Gasteiger partial charge in [-0.15, -0.1) is 0 Å². The number of H-pyrrole nitrogens is 4. The highest BCUT2D eigenvalue weighted by Crippen LogP contribution is 2.46. The van der Waals surface area contributed by atoms with Gasteiger partial charge in [-0.05, 0) is 155 Å². The number of nitrogens with one attached hydrogen (secondary N) is 4. The maximum atomic E-state index is 12.8. The smallest absolute Gasteiger partial charge is 0.338 e. The Morgan fingerprint density at radius 1 is 0.511 bits per heavy atom. The van der Waals surface area contributed by atoms with E-state index in [2.05, 4.69) is 53.9 Å². The van der Waals surface area contributed by atoms with Crippen LogP contribution in [0.5, 0.6) is 0 Å². The van der Waals surface area contributed by atoms with Gasteiger partial charge in [-0.3, -0.25) is 29.1 Å². The van der Waals surface area contributed by atoms with E-state index in [0.29, 0.717) is 68.0 Å². The summed E-state index contributed by atoms with van der Waals surface area (Å²) in [5.74, 6) is -5.31. The molecule has 0 radical (unpaired) electrons. The van der Waals surface area contributed by atoms with Crippen molar-refractivity contribution in [3.63, 3.8) is 0 Å². The number of aliphatic carboxylic acids is 1. The lowest BCUT2D eigenvalue weighted by Crippen LogP contribution is -2.12. The van der Waals surface area contributed by atoms with Gasteiger partial charge in [0.05, 0.1) is 77.0 Å². The van der Waals surface area contributed by atoms with Crippen LogP contribution in [0.25, 0.3) is 66.4 Å². The first-order chi connectivity index (χ1) is 42.8. The number of fused-ring (bicyclic) bond motifs is 16. The number of carbonyl (C=O) groups excluding carboxylic acids is 3. The number of carboxylic acids is 3. The molecule has 90 heavy (non-hydrogen) atoms. The van der Waals surface area contributed by atoms with Gasteiger partial charge in [0.2, 0.25) is 0 Å². The lowest BCUT2D eigenvalue weighted by Gasteiger charge is -2.17. The first-order valence-corrected chi connectivity index (χ1v) is 30.3. The van der Waals surface area contributed by atoms with Crippen LogP contribution in [0.3, 0.4) is 0 Å². The van der Waals surface area contributed by atoms with Gasteiger partial charge in [-0.25, -0.2) is 19.6 Å². The summed E-state index contributed by atoms with van der Waals surface area (Å²) < 4.78 is 9.98. The van der Waals surface area contributed by atoms with Crippen molar-refractivity contribution in [2.45, 2.75) is 151 Å². The second-order valence-corrected chi connectivity index (χ2v) is 23.6. The number of carboxylic acid groups (broad SMARTS) is 3. The second-order valence-electron chi connectivity index (χ2n) is 23.6. The third kappa shape index (κ3) is 12.1. The fraction of sp³-hybridized carbons (Fsp3) is 0.352. The topological polar surface area (TPSA) is 296 Å². The number of esters is 2. The number of aryl methyl sites for hydroxylation is 6. The minimum absolute atomic E-state index is 0.0213. The Kier molecular flexibility index (Phi) is 18.8. The van der Waals surface area contributed by atoms with Crippen molar-refractivity contribution in [3.05, 3.63) is 163 Å². The summed E-state index contributed by atoms with van der Waals surface area (Å²) >= 11 is 0. The van der Waals surface area contributed by atoms with Crippen molar-refractivity contribution < 1.29 is 53.6 Å². The Balaban J connectivity index is 0.000000213. The van der Waals surface area contributed by atoms with Crippen LogP contribution in [0.4, 0.5) is 0 Å². The molecule has 7 N–H and O–H groups in total. The van der Waals surface area contributed by atoms with Crippen LogP contribution in [0, 0.1) is 27.7 Å². The summed E-state index contributed by atoms with van der Waals surface area (Å²) in [6.07, 6.45) is 5.52.